The highest BCUT2D eigenvalue weighted by molar-refractivity contribution is 6.42. The standard InChI is InChI=1S/C9H4Cl2NO/c10-7-2-1-6(5-8(7)11)9-3-4-13-12-9/h1-3,5H. The third kappa shape index (κ3) is 1.69. The van der Waals surface area contributed by atoms with Crippen LogP contribution in [0.1, 0.15) is 0 Å². The highest BCUT2D eigenvalue weighted by atomic mass is 35.5. The summed E-state index contributed by atoms with van der Waals surface area (Å²) in [4.78, 5) is 0. The molecule has 1 heterocycles. The molecule has 2 nitrogen and oxygen atoms in total. The average molecular weight is 213 g/mol. The molecule has 0 amide bonds. The summed E-state index contributed by atoms with van der Waals surface area (Å²) >= 11 is 11.6. The Morgan fingerprint density at radius 1 is 1.23 bits per heavy atom. The molecule has 0 spiro atoms. The van der Waals surface area contributed by atoms with Gasteiger partial charge in [0.15, 0.2) is 0 Å². The van der Waals surface area contributed by atoms with Crippen molar-refractivity contribution in [3.8, 4) is 11.3 Å². The molecular weight excluding hydrogens is 209 g/mol. The van der Waals surface area contributed by atoms with Gasteiger partial charge in [-0.05, 0) is 12.1 Å². The van der Waals surface area contributed by atoms with Gasteiger partial charge in [-0.3, -0.25) is 0 Å². The van der Waals surface area contributed by atoms with Crippen LogP contribution < -0.4 is 0 Å². The Hall–Kier alpha value is -0.990. The molecule has 0 aliphatic carbocycles. The Kier molecular flexibility index (Phi) is 2.25. The van der Waals surface area contributed by atoms with E-state index >= 15 is 0 Å². The van der Waals surface area contributed by atoms with Gasteiger partial charge in [-0.1, -0.05) is 34.4 Å². The van der Waals surface area contributed by atoms with Crippen LogP contribution in [-0.4, -0.2) is 5.16 Å². The molecule has 0 bridgehead atoms. The molecule has 1 aromatic carbocycles. The Labute approximate surface area is 85.1 Å². The lowest BCUT2D eigenvalue weighted by atomic mass is 10.2. The first-order valence-electron chi connectivity index (χ1n) is 3.55. The van der Waals surface area contributed by atoms with Gasteiger partial charge in [0.05, 0.1) is 10.0 Å². The van der Waals surface area contributed by atoms with Gasteiger partial charge in [-0.25, -0.2) is 0 Å². The normalized spacial score (nSPS) is 10.3. The second-order valence-corrected chi connectivity index (χ2v) is 3.27. The minimum absolute atomic E-state index is 0.502. The van der Waals surface area contributed by atoms with Crippen LogP contribution in [0.15, 0.2) is 28.8 Å². The van der Waals surface area contributed by atoms with Crippen molar-refractivity contribution in [3.05, 3.63) is 40.6 Å². The Bertz CT molecular complexity index is 412. The van der Waals surface area contributed by atoms with Crippen LogP contribution in [0, 0.1) is 6.26 Å². The van der Waals surface area contributed by atoms with E-state index in [9.17, 15) is 0 Å². The van der Waals surface area contributed by atoms with Crippen molar-refractivity contribution in [3.63, 3.8) is 0 Å². The van der Waals surface area contributed by atoms with Crippen LogP contribution >= 0.6 is 23.2 Å². The van der Waals surface area contributed by atoms with E-state index < -0.39 is 0 Å². The first kappa shape index (κ1) is 8.60. The molecule has 13 heavy (non-hydrogen) atoms. The largest absolute Gasteiger partial charge is 0.352 e. The van der Waals surface area contributed by atoms with Crippen LogP contribution in [0.5, 0.6) is 0 Å². The second-order valence-electron chi connectivity index (χ2n) is 2.46. The molecule has 0 unspecified atom stereocenters. The molecule has 0 saturated carbocycles. The fraction of sp³-hybridized carbons (Fsp3) is 0. The van der Waals surface area contributed by atoms with Crippen molar-refractivity contribution in [1.29, 1.82) is 0 Å². The van der Waals surface area contributed by atoms with E-state index in [0.717, 1.165) is 5.56 Å². The summed E-state index contributed by atoms with van der Waals surface area (Å²) in [6.07, 6.45) is 2.50. The maximum absolute atomic E-state index is 5.83. The summed E-state index contributed by atoms with van der Waals surface area (Å²) in [6.45, 7) is 0. The fourth-order valence-corrected chi connectivity index (χ4v) is 1.27. The maximum atomic E-state index is 5.83. The zero-order chi connectivity index (χ0) is 9.26. The number of halogens is 2. The second kappa shape index (κ2) is 3.40. The predicted octanol–water partition coefficient (Wildman–Crippen LogP) is 3.45. The van der Waals surface area contributed by atoms with E-state index in [1.54, 1.807) is 18.2 Å². The van der Waals surface area contributed by atoms with Crippen LogP contribution in [0.25, 0.3) is 11.3 Å². The molecule has 0 N–H and O–H groups in total. The predicted molar refractivity (Wildman–Crippen MR) is 50.8 cm³/mol. The van der Waals surface area contributed by atoms with Crippen molar-refractivity contribution < 1.29 is 4.52 Å². The number of aromatic nitrogens is 1. The van der Waals surface area contributed by atoms with Gasteiger partial charge in [-0.15, -0.1) is 0 Å². The third-order valence-corrected chi connectivity index (χ3v) is 2.35. The van der Waals surface area contributed by atoms with Crippen LogP contribution in [0.2, 0.25) is 10.0 Å². The van der Waals surface area contributed by atoms with E-state index in [1.165, 1.54) is 0 Å². The van der Waals surface area contributed by atoms with Crippen LogP contribution in [0.4, 0.5) is 0 Å². The number of rotatable bonds is 1. The smallest absolute Gasteiger partial charge is 0.205 e. The van der Waals surface area contributed by atoms with Gasteiger partial charge in [0.25, 0.3) is 0 Å². The third-order valence-electron chi connectivity index (χ3n) is 1.61. The molecule has 65 valence electrons. The molecule has 1 radical (unpaired) electrons. The van der Waals surface area contributed by atoms with E-state index in [2.05, 4.69) is 15.9 Å². The molecule has 0 aliphatic heterocycles. The molecule has 1 aromatic heterocycles. The lowest BCUT2D eigenvalue weighted by molar-refractivity contribution is 0.415. The van der Waals surface area contributed by atoms with E-state index in [4.69, 9.17) is 23.2 Å². The topological polar surface area (TPSA) is 26.0 Å². The van der Waals surface area contributed by atoms with Gasteiger partial charge in [0, 0.05) is 11.6 Å². The SMILES string of the molecule is Clc1ccc(-c2c[c]on2)cc1Cl. The average Bonchev–Trinajstić information content (AvgIpc) is 2.62. The van der Waals surface area contributed by atoms with Gasteiger partial charge in [-0.2, -0.15) is 0 Å². The van der Waals surface area contributed by atoms with Crippen LogP contribution in [-0.2, 0) is 0 Å². The first-order valence-corrected chi connectivity index (χ1v) is 4.31. The van der Waals surface area contributed by atoms with Crippen molar-refractivity contribution in [1.82, 2.24) is 5.16 Å². The number of nitrogens with zero attached hydrogens (tertiary/aromatic N) is 1. The van der Waals surface area contributed by atoms with E-state index in [0.29, 0.717) is 15.7 Å². The Morgan fingerprint density at radius 2 is 2.08 bits per heavy atom. The zero-order valence-electron chi connectivity index (χ0n) is 6.42. The molecule has 0 aliphatic rings. The summed E-state index contributed by atoms with van der Waals surface area (Å²) in [6, 6.07) is 6.91. The highest BCUT2D eigenvalue weighted by Gasteiger charge is 2.03. The lowest BCUT2D eigenvalue weighted by Gasteiger charge is -1.97. The van der Waals surface area contributed by atoms with Crippen molar-refractivity contribution in [2.45, 2.75) is 0 Å². The Balaban J connectivity index is 2.49. The quantitative estimate of drug-likeness (QED) is 0.724. The van der Waals surface area contributed by atoms with Crippen molar-refractivity contribution in [2.75, 3.05) is 0 Å². The van der Waals surface area contributed by atoms with Gasteiger partial charge >= 0.3 is 0 Å². The molecule has 2 aromatic rings. The number of benzene rings is 1. The van der Waals surface area contributed by atoms with E-state index in [-0.39, 0.29) is 0 Å². The monoisotopic (exact) mass is 212 g/mol. The highest BCUT2D eigenvalue weighted by Crippen LogP contribution is 2.27. The maximum Gasteiger partial charge on any atom is 0.205 e. The number of hydrogen-bond acceptors (Lipinski definition) is 2. The summed E-state index contributed by atoms with van der Waals surface area (Å²) in [5.74, 6) is 0. The first-order chi connectivity index (χ1) is 6.27. The summed E-state index contributed by atoms with van der Waals surface area (Å²) in [5.41, 5.74) is 1.55. The summed E-state index contributed by atoms with van der Waals surface area (Å²) in [5, 5.41) is 4.75. The molecular formula is C9H4Cl2NO. The summed E-state index contributed by atoms with van der Waals surface area (Å²) < 4.78 is 4.59. The minimum atomic E-state index is 0.502. The summed E-state index contributed by atoms with van der Waals surface area (Å²) in [7, 11) is 0. The van der Waals surface area contributed by atoms with Crippen molar-refractivity contribution >= 4 is 23.2 Å². The molecule has 4 heteroatoms. The zero-order valence-corrected chi connectivity index (χ0v) is 7.93. The lowest BCUT2D eigenvalue weighted by Crippen LogP contribution is -1.77. The van der Waals surface area contributed by atoms with E-state index in [1.807, 2.05) is 6.07 Å². The fourth-order valence-electron chi connectivity index (χ4n) is 0.976. The molecule has 0 fully saturated rings. The number of hydrogen-bond donors (Lipinski definition) is 0. The molecule has 0 atom stereocenters. The molecule has 0 saturated heterocycles. The Morgan fingerprint density at radius 3 is 2.69 bits per heavy atom. The van der Waals surface area contributed by atoms with Gasteiger partial charge in [0.2, 0.25) is 6.26 Å². The van der Waals surface area contributed by atoms with Gasteiger partial charge < -0.3 is 4.52 Å². The van der Waals surface area contributed by atoms with Crippen LogP contribution in [0.3, 0.4) is 0 Å². The molecule has 2 rings (SSSR count). The van der Waals surface area contributed by atoms with Gasteiger partial charge in [0.1, 0.15) is 5.69 Å². The van der Waals surface area contributed by atoms with Crippen molar-refractivity contribution in [2.24, 2.45) is 0 Å². The minimum Gasteiger partial charge on any atom is -0.352 e.